The highest BCUT2D eigenvalue weighted by Gasteiger charge is 2.11. The van der Waals surface area contributed by atoms with Crippen LogP contribution in [0.4, 0.5) is 0 Å². The van der Waals surface area contributed by atoms with Gasteiger partial charge in [-0.1, -0.05) is 97.8 Å². The molecule has 24 heavy (non-hydrogen) atoms. The van der Waals surface area contributed by atoms with Crippen LogP contribution in [-0.4, -0.2) is 25.7 Å². The van der Waals surface area contributed by atoms with Crippen molar-refractivity contribution in [2.24, 2.45) is 0 Å². The van der Waals surface area contributed by atoms with E-state index >= 15 is 0 Å². The first-order valence-corrected chi connectivity index (χ1v) is 11.3. The van der Waals surface area contributed by atoms with Crippen LogP contribution in [0.1, 0.15) is 117 Å². The van der Waals surface area contributed by atoms with Crippen LogP contribution in [0.15, 0.2) is 0 Å². The summed E-state index contributed by atoms with van der Waals surface area (Å²) in [5.41, 5.74) is 0. The van der Waals surface area contributed by atoms with Crippen LogP contribution in [0, 0.1) is 0 Å². The van der Waals surface area contributed by atoms with Crippen molar-refractivity contribution in [1.82, 2.24) is 10.6 Å². The van der Waals surface area contributed by atoms with Crippen LogP contribution >= 0.6 is 0 Å². The number of hydrogen-bond acceptors (Lipinski definition) is 2. The molecule has 0 heterocycles. The highest BCUT2D eigenvalue weighted by Crippen LogP contribution is 2.17. The Morgan fingerprint density at radius 3 is 1.58 bits per heavy atom. The zero-order valence-corrected chi connectivity index (χ0v) is 17.3. The topological polar surface area (TPSA) is 24.1 Å². The normalized spacial score (nSPS) is 15.1. The fourth-order valence-electron chi connectivity index (χ4n) is 3.48. The first-order chi connectivity index (χ1) is 11.8. The molecule has 2 nitrogen and oxygen atoms in total. The van der Waals surface area contributed by atoms with E-state index in [4.69, 9.17) is 0 Å². The van der Waals surface area contributed by atoms with Gasteiger partial charge in [0.1, 0.15) is 0 Å². The minimum absolute atomic E-state index is 0.854. The zero-order valence-electron chi connectivity index (χ0n) is 17.3. The maximum absolute atomic E-state index is 3.75. The highest BCUT2D eigenvalue weighted by molar-refractivity contribution is 4.71. The third kappa shape index (κ3) is 18.3. The lowest BCUT2D eigenvalue weighted by atomic mass is 9.95. The Kier molecular flexibility index (Phi) is 20.9. The van der Waals surface area contributed by atoms with E-state index in [0.29, 0.717) is 0 Å². The van der Waals surface area contributed by atoms with E-state index < -0.39 is 0 Å². The van der Waals surface area contributed by atoms with Gasteiger partial charge in [0.2, 0.25) is 0 Å². The number of unbranched alkanes of at least 4 members (excludes halogenated alkanes) is 9. The summed E-state index contributed by atoms with van der Waals surface area (Å²) in [6.45, 7) is 9.95. The van der Waals surface area contributed by atoms with Crippen molar-refractivity contribution in [3.63, 3.8) is 0 Å². The Bertz CT molecular complexity index is 210. The van der Waals surface area contributed by atoms with Crippen LogP contribution in [-0.2, 0) is 0 Å². The SMILES string of the molecule is CCCCCCCCCCCCNC1CCCCC1.CCNCC. The molecule has 0 aromatic heterocycles. The zero-order chi connectivity index (χ0) is 17.7. The summed E-state index contributed by atoms with van der Waals surface area (Å²) in [4.78, 5) is 0. The predicted octanol–water partition coefficient (Wildman–Crippen LogP) is 6.45. The molecule has 1 rings (SSSR count). The second-order valence-electron chi connectivity index (χ2n) is 7.43. The fourth-order valence-corrected chi connectivity index (χ4v) is 3.48. The molecule has 0 saturated heterocycles. The maximum Gasteiger partial charge on any atom is 0.00670 e. The summed E-state index contributed by atoms with van der Waals surface area (Å²) in [6, 6.07) is 0.854. The van der Waals surface area contributed by atoms with Crippen molar-refractivity contribution in [2.75, 3.05) is 19.6 Å². The summed E-state index contributed by atoms with van der Waals surface area (Å²) < 4.78 is 0. The molecule has 1 aliphatic rings. The first kappa shape index (κ1) is 23.9. The molecule has 0 unspecified atom stereocenters. The van der Waals surface area contributed by atoms with Gasteiger partial charge in [-0.15, -0.1) is 0 Å². The van der Waals surface area contributed by atoms with Crippen LogP contribution in [0.25, 0.3) is 0 Å². The molecule has 0 aromatic carbocycles. The molecular formula is C22H48N2. The Labute approximate surface area is 154 Å². The molecule has 0 amide bonds. The van der Waals surface area contributed by atoms with Gasteiger partial charge in [0, 0.05) is 6.04 Å². The van der Waals surface area contributed by atoms with Gasteiger partial charge in [0.15, 0.2) is 0 Å². The minimum atomic E-state index is 0.854. The van der Waals surface area contributed by atoms with E-state index in [-0.39, 0.29) is 0 Å². The fraction of sp³-hybridized carbons (Fsp3) is 1.00. The van der Waals surface area contributed by atoms with Crippen LogP contribution in [0.5, 0.6) is 0 Å². The Morgan fingerprint density at radius 1 is 0.625 bits per heavy atom. The summed E-state index contributed by atoms with van der Waals surface area (Å²) in [5, 5.41) is 6.86. The number of hydrogen-bond donors (Lipinski definition) is 2. The van der Waals surface area contributed by atoms with Gasteiger partial charge in [-0.3, -0.25) is 0 Å². The van der Waals surface area contributed by atoms with Crippen molar-refractivity contribution in [3.05, 3.63) is 0 Å². The Balaban J connectivity index is 0.000000922. The Morgan fingerprint density at radius 2 is 1.12 bits per heavy atom. The molecular weight excluding hydrogens is 292 g/mol. The molecule has 1 saturated carbocycles. The van der Waals surface area contributed by atoms with E-state index in [2.05, 4.69) is 31.4 Å². The van der Waals surface area contributed by atoms with Crippen molar-refractivity contribution < 1.29 is 0 Å². The molecule has 0 aromatic rings. The standard InChI is InChI=1S/C18H37N.C4H11N/c1-2-3-4-5-6-7-8-9-10-14-17-19-18-15-12-11-13-16-18;1-3-5-4-2/h18-19H,2-17H2,1H3;5H,3-4H2,1-2H3. The van der Waals surface area contributed by atoms with Gasteiger partial charge in [0.25, 0.3) is 0 Å². The largest absolute Gasteiger partial charge is 0.317 e. The quantitative estimate of drug-likeness (QED) is 0.355. The lowest BCUT2D eigenvalue weighted by Crippen LogP contribution is -2.31. The summed E-state index contributed by atoms with van der Waals surface area (Å²) in [6.07, 6.45) is 21.7. The maximum atomic E-state index is 3.75. The van der Waals surface area contributed by atoms with Gasteiger partial charge in [-0.25, -0.2) is 0 Å². The molecule has 146 valence electrons. The van der Waals surface area contributed by atoms with E-state index in [0.717, 1.165) is 19.1 Å². The van der Waals surface area contributed by atoms with Gasteiger partial charge < -0.3 is 10.6 Å². The van der Waals surface area contributed by atoms with Crippen molar-refractivity contribution in [2.45, 2.75) is 123 Å². The lowest BCUT2D eigenvalue weighted by molar-refractivity contribution is 0.369. The number of rotatable bonds is 14. The molecule has 2 N–H and O–H groups in total. The third-order valence-corrected chi connectivity index (χ3v) is 5.07. The highest BCUT2D eigenvalue weighted by atomic mass is 14.9. The average molecular weight is 341 g/mol. The molecule has 1 aliphatic carbocycles. The third-order valence-electron chi connectivity index (χ3n) is 5.07. The van der Waals surface area contributed by atoms with Gasteiger partial charge >= 0.3 is 0 Å². The van der Waals surface area contributed by atoms with Gasteiger partial charge in [0.05, 0.1) is 0 Å². The second kappa shape index (κ2) is 21.0. The number of nitrogens with one attached hydrogen (secondary N) is 2. The molecule has 2 heteroatoms. The van der Waals surface area contributed by atoms with Gasteiger partial charge in [-0.2, -0.15) is 0 Å². The monoisotopic (exact) mass is 340 g/mol. The van der Waals surface area contributed by atoms with Crippen molar-refractivity contribution in [3.8, 4) is 0 Å². The van der Waals surface area contributed by atoms with E-state index in [1.807, 2.05) is 0 Å². The summed E-state index contributed by atoms with van der Waals surface area (Å²) in [7, 11) is 0. The van der Waals surface area contributed by atoms with Gasteiger partial charge in [-0.05, 0) is 38.9 Å². The van der Waals surface area contributed by atoms with Crippen LogP contribution in [0.2, 0.25) is 0 Å². The second-order valence-corrected chi connectivity index (χ2v) is 7.43. The minimum Gasteiger partial charge on any atom is -0.317 e. The summed E-state index contributed by atoms with van der Waals surface area (Å²) >= 11 is 0. The summed E-state index contributed by atoms with van der Waals surface area (Å²) in [5.74, 6) is 0. The van der Waals surface area contributed by atoms with E-state index in [1.54, 1.807) is 0 Å². The smallest absolute Gasteiger partial charge is 0.00670 e. The Hall–Kier alpha value is -0.0800. The molecule has 0 bridgehead atoms. The van der Waals surface area contributed by atoms with E-state index in [1.165, 1.54) is 103 Å². The van der Waals surface area contributed by atoms with Crippen molar-refractivity contribution in [1.29, 1.82) is 0 Å². The molecule has 1 fully saturated rings. The van der Waals surface area contributed by atoms with Crippen molar-refractivity contribution >= 4 is 0 Å². The van der Waals surface area contributed by atoms with Crippen LogP contribution in [0.3, 0.4) is 0 Å². The van der Waals surface area contributed by atoms with Crippen LogP contribution < -0.4 is 10.6 Å². The average Bonchev–Trinajstić information content (AvgIpc) is 2.62. The van der Waals surface area contributed by atoms with E-state index in [9.17, 15) is 0 Å². The molecule has 0 atom stereocenters. The molecule has 0 radical (unpaired) electrons. The lowest BCUT2D eigenvalue weighted by Gasteiger charge is -2.22. The predicted molar refractivity (Wildman–Crippen MR) is 111 cm³/mol. The molecule has 0 aliphatic heterocycles. The molecule has 0 spiro atoms. The first-order valence-electron chi connectivity index (χ1n) is 11.3.